The van der Waals surface area contributed by atoms with Crippen molar-refractivity contribution in [2.24, 2.45) is 17.8 Å². The quantitative estimate of drug-likeness (QED) is 0.528. The zero-order valence-corrected chi connectivity index (χ0v) is 18.8. The van der Waals surface area contributed by atoms with E-state index in [1.54, 1.807) is 25.1 Å². The van der Waals surface area contributed by atoms with Gasteiger partial charge in [0.1, 0.15) is 12.1 Å². The SMILES string of the molecule is CCC(C)C1(C(=O)O)NC(c2cccc(OC)c2OCc2ccccc2)C2C(=O)NC(=O)C21. The summed E-state index contributed by atoms with van der Waals surface area (Å²) >= 11 is 0. The Bertz CT molecular complexity index is 1070. The van der Waals surface area contributed by atoms with Crippen molar-refractivity contribution in [2.75, 3.05) is 7.11 Å². The summed E-state index contributed by atoms with van der Waals surface area (Å²) in [7, 11) is 1.52. The summed E-state index contributed by atoms with van der Waals surface area (Å²) in [5.41, 5.74) is -0.0587. The number of rotatable bonds is 8. The second kappa shape index (κ2) is 8.86. The lowest BCUT2D eigenvalue weighted by Gasteiger charge is -2.35. The topological polar surface area (TPSA) is 114 Å². The minimum atomic E-state index is -1.58. The van der Waals surface area contributed by atoms with Gasteiger partial charge in [0.15, 0.2) is 11.5 Å². The summed E-state index contributed by atoms with van der Waals surface area (Å²) in [4.78, 5) is 38.3. The molecule has 5 unspecified atom stereocenters. The highest BCUT2D eigenvalue weighted by molar-refractivity contribution is 6.09. The van der Waals surface area contributed by atoms with Crippen molar-refractivity contribution in [3.8, 4) is 11.5 Å². The maximum atomic E-state index is 12.9. The minimum Gasteiger partial charge on any atom is -0.493 e. The lowest BCUT2D eigenvalue weighted by Crippen LogP contribution is -2.59. The summed E-state index contributed by atoms with van der Waals surface area (Å²) < 4.78 is 11.7. The first-order valence-corrected chi connectivity index (χ1v) is 11.0. The van der Waals surface area contributed by atoms with Gasteiger partial charge in [-0.25, -0.2) is 0 Å². The Morgan fingerprint density at radius 1 is 1.12 bits per heavy atom. The number of carbonyl (C=O) groups excluding carboxylic acids is 2. The molecule has 0 radical (unpaired) electrons. The molecule has 2 aromatic rings. The molecule has 33 heavy (non-hydrogen) atoms. The minimum absolute atomic E-state index is 0.260. The Balaban J connectivity index is 1.80. The predicted molar refractivity (Wildman–Crippen MR) is 120 cm³/mol. The van der Waals surface area contributed by atoms with Crippen molar-refractivity contribution in [2.45, 2.75) is 38.5 Å². The molecule has 2 aliphatic rings. The van der Waals surface area contributed by atoms with Crippen LogP contribution in [0.25, 0.3) is 0 Å². The lowest BCUT2D eigenvalue weighted by molar-refractivity contribution is -0.152. The summed E-state index contributed by atoms with van der Waals surface area (Å²) in [5, 5.41) is 15.9. The molecule has 0 aromatic heterocycles. The Kier molecular flexibility index (Phi) is 6.12. The van der Waals surface area contributed by atoms with E-state index in [0.717, 1.165) is 5.56 Å². The van der Waals surface area contributed by atoms with Gasteiger partial charge < -0.3 is 14.6 Å². The average molecular weight is 453 g/mol. The molecule has 2 aliphatic heterocycles. The van der Waals surface area contributed by atoms with Crippen LogP contribution in [0.3, 0.4) is 0 Å². The highest BCUT2D eigenvalue weighted by Crippen LogP contribution is 2.52. The summed E-state index contributed by atoms with van der Waals surface area (Å²) in [6.45, 7) is 3.92. The highest BCUT2D eigenvalue weighted by Gasteiger charge is 2.68. The number of para-hydroxylation sites is 1. The number of carbonyl (C=O) groups is 3. The molecule has 0 bridgehead atoms. The molecule has 2 aromatic carbocycles. The van der Waals surface area contributed by atoms with Crippen molar-refractivity contribution in [1.82, 2.24) is 10.6 Å². The van der Waals surface area contributed by atoms with Crippen LogP contribution in [-0.4, -0.2) is 35.5 Å². The molecule has 0 aliphatic carbocycles. The maximum Gasteiger partial charge on any atom is 0.325 e. The van der Waals surface area contributed by atoms with Crippen LogP contribution in [0.5, 0.6) is 11.5 Å². The van der Waals surface area contributed by atoms with E-state index < -0.39 is 47.1 Å². The van der Waals surface area contributed by atoms with E-state index in [2.05, 4.69) is 10.6 Å². The molecule has 2 saturated heterocycles. The standard InChI is InChI=1S/C25H28N2O6/c1-4-14(2)25(24(30)31)19-18(22(28)26-23(19)29)20(27-25)16-11-8-12-17(32-3)21(16)33-13-15-9-6-5-7-10-15/h5-12,14,18-20,27H,4,13H2,1-3H3,(H,30,31)(H,26,28,29). The van der Waals surface area contributed by atoms with Crippen LogP contribution in [0.2, 0.25) is 0 Å². The van der Waals surface area contributed by atoms with Gasteiger partial charge in [0.05, 0.1) is 18.9 Å². The highest BCUT2D eigenvalue weighted by atomic mass is 16.5. The van der Waals surface area contributed by atoms with Gasteiger partial charge in [-0.15, -0.1) is 0 Å². The molecule has 3 N–H and O–H groups in total. The van der Waals surface area contributed by atoms with E-state index in [4.69, 9.17) is 9.47 Å². The number of carboxylic acids is 1. The normalized spacial score (nSPS) is 27.1. The average Bonchev–Trinajstić information content (AvgIpc) is 3.34. The molecule has 4 rings (SSSR count). The fraction of sp³-hybridized carbons (Fsp3) is 0.400. The molecule has 0 spiro atoms. The van der Waals surface area contributed by atoms with Crippen LogP contribution in [0, 0.1) is 17.8 Å². The van der Waals surface area contributed by atoms with Gasteiger partial charge in [0, 0.05) is 11.6 Å². The number of methoxy groups -OCH3 is 1. The molecule has 2 heterocycles. The molecule has 174 valence electrons. The Morgan fingerprint density at radius 2 is 1.85 bits per heavy atom. The Morgan fingerprint density at radius 3 is 2.48 bits per heavy atom. The van der Waals surface area contributed by atoms with Crippen LogP contribution in [-0.2, 0) is 21.0 Å². The molecular weight excluding hydrogens is 424 g/mol. The van der Waals surface area contributed by atoms with Gasteiger partial charge in [-0.05, 0) is 17.5 Å². The second-order valence-electron chi connectivity index (χ2n) is 8.62. The molecule has 5 atom stereocenters. The fourth-order valence-corrected chi connectivity index (χ4v) is 5.14. The molecule has 2 amide bonds. The van der Waals surface area contributed by atoms with Crippen LogP contribution >= 0.6 is 0 Å². The number of hydrogen-bond acceptors (Lipinski definition) is 6. The third-order valence-corrected chi connectivity index (χ3v) is 6.97. The van der Waals surface area contributed by atoms with E-state index in [0.29, 0.717) is 23.5 Å². The number of nitrogens with one attached hydrogen (secondary N) is 2. The van der Waals surface area contributed by atoms with Crippen LogP contribution in [0.15, 0.2) is 48.5 Å². The van der Waals surface area contributed by atoms with Crippen LogP contribution in [0.1, 0.15) is 37.4 Å². The Labute approximate surface area is 192 Å². The zero-order chi connectivity index (χ0) is 23.8. The fourth-order valence-electron chi connectivity index (χ4n) is 5.14. The number of carboxylic acid groups (broad SMARTS) is 1. The van der Waals surface area contributed by atoms with Gasteiger partial charge in [-0.2, -0.15) is 0 Å². The van der Waals surface area contributed by atoms with Crippen LogP contribution < -0.4 is 20.1 Å². The van der Waals surface area contributed by atoms with Crippen molar-refractivity contribution >= 4 is 17.8 Å². The predicted octanol–water partition coefficient (Wildman–Crippen LogP) is 2.68. The monoisotopic (exact) mass is 452 g/mol. The number of amides is 2. The third-order valence-electron chi connectivity index (χ3n) is 6.97. The lowest BCUT2D eigenvalue weighted by atomic mass is 9.72. The van der Waals surface area contributed by atoms with Crippen molar-refractivity contribution < 1.29 is 29.0 Å². The maximum absolute atomic E-state index is 12.9. The number of aliphatic carboxylic acids is 1. The van der Waals surface area contributed by atoms with E-state index in [1.807, 2.05) is 37.3 Å². The molecule has 2 fully saturated rings. The number of imide groups is 1. The first-order chi connectivity index (χ1) is 15.8. The van der Waals surface area contributed by atoms with Gasteiger partial charge in [-0.3, -0.25) is 25.0 Å². The van der Waals surface area contributed by atoms with Gasteiger partial charge in [0.2, 0.25) is 11.8 Å². The van der Waals surface area contributed by atoms with E-state index in [1.165, 1.54) is 7.11 Å². The van der Waals surface area contributed by atoms with Crippen LogP contribution in [0.4, 0.5) is 0 Å². The van der Waals surface area contributed by atoms with Gasteiger partial charge >= 0.3 is 5.97 Å². The smallest absolute Gasteiger partial charge is 0.325 e. The third kappa shape index (κ3) is 3.64. The van der Waals surface area contributed by atoms with Crippen molar-refractivity contribution in [3.63, 3.8) is 0 Å². The molecule has 8 nitrogen and oxygen atoms in total. The number of ether oxygens (including phenoxy) is 2. The number of benzene rings is 2. The first kappa shape index (κ1) is 22.8. The van der Waals surface area contributed by atoms with E-state index >= 15 is 0 Å². The van der Waals surface area contributed by atoms with Gasteiger partial charge in [0.25, 0.3) is 0 Å². The second-order valence-corrected chi connectivity index (χ2v) is 8.62. The first-order valence-electron chi connectivity index (χ1n) is 11.0. The number of fused-ring (bicyclic) bond motifs is 1. The summed E-state index contributed by atoms with van der Waals surface area (Å²) in [6, 6.07) is 14.1. The molecule has 0 saturated carbocycles. The summed E-state index contributed by atoms with van der Waals surface area (Å²) in [6.07, 6.45) is 0.520. The van der Waals surface area contributed by atoms with Crippen molar-refractivity contribution in [3.05, 3.63) is 59.7 Å². The zero-order valence-electron chi connectivity index (χ0n) is 18.8. The van der Waals surface area contributed by atoms with Crippen molar-refractivity contribution in [1.29, 1.82) is 0 Å². The number of hydrogen-bond donors (Lipinski definition) is 3. The summed E-state index contributed by atoms with van der Waals surface area (Å²) in [5.74, 6) is -3.62. The Hall–Kier alpha value is -3.39. The van der Waals surface area contributed by atoms with Gasteiger partial charge in [-0.1, -0.05) is 62.7 Å². The van der Waals surface area contributed by atoms with E-state index in [-0.39, 0.29) is 6.61 Å². The van der Waals surface area contributed by atoms with E-state index in [9.17, 15) is 19.5 Å². The molecule has 8 heteroatoms. The molecular formula is C25H28N2O6. The largest absolute Gasteiger partial charge is 0.493 e.